The molecule has 0 saturated carbocycles. The number of carbonyl (C=O) groups is 1. The van der Waals surface area contributed by atoms with Crippen LogP contribution in [0.25, 0.3) is 0 Å². The van der Waals surface area contributed by atoms with Crippen LogP contribution in [0.3, 0.4) is 0 Å². The van der Waals surface area contributed by atoms with Gasteiger partial charge in [-0.1, -0.05) is 25.1 Å². The molecule has 100 valence electrons. The van der Waals surface area contributed by atoms with Gasteiger partial charge in [0, 0.05) is 0 Å². The highest BCUT2D eigenvalue weighted by Crippen LogP contribution is 2.21. The van der Waals surface area contributed by atoms with Crippen LogP contribution in [0.15, 0.2) is 18.2 Å². The molecule has 0 aliphatic carbocycles. The van der Waals surface area contributed by atoms with Gasteiger partial charge in [-0.3, -0.25) is 9.52 Å². The van der Waals surface area contributed by atoms with Gasteiger partial charge in [-0.15, -0.1) is 0 Å². The molecule has 5 nitrogen and oxygen atoms in total. The molecule has 0 aliphatic rings. The summed E-state index contributed by atoms with van der Waals surface area (Å²) >= 11 is 0. The number of aryl methyl sites for hydroxylation is 2. The molecule has 1 aromatic carbocycles. The van der Waals surface area contributed by atoms with Crippen LogP contribution in [-0.2, 0) is 14.8 Å². The lowest BCUT2D eigenvalue weighted by Gasteiger charge is -2.14. The van der Waals surface area contributed by atoms with E-state index in [0.29, 0.717) is 5.69 Å². The van der Waals surface area contributed by atoms with Gasteiger partial charge in [0.05, 0.1) is 17.4 Å². The number of hydrogen-bond acceptors (Lipinski definition) is 3. The molecule has 0 spiro atoms. The average Bonchev–Trinajstić information content (AvgIpc) is 2.23. The van der Waals surface area contributed by atoms with Gasteiger partial charge in [-0.2, -0.15) is 0 Å². The minimum Gasteiger partial charge on any atom is -0.481 e. The smallest absolute Gasteiger partial charge is 0.307 e. The van der Waals surface area contributed by atoms with E-state index in [2.05, 4.69) is 4.72 Å². The Balaban J connectivity index is 2.93. The zero-order valence-corrected chi connectivity index (χ0v) is 11.4. The standard InChI is InChI=1S/C12H17NO4S/c1-8-5-4-6-9(2)11(8)13-18(16,17)7-10(3)12(14)15/h4-6,10,13H,7H2,1-3H3,(H,14,15). The van der Waals surface area contributed by atoms with Crippen molar-refractivity contribution in [2.75, 3.05) is 10.5 Å². The highest BCUT2D eigenvalue weighted by Gasteiger charge is 2.21. The van der Waals surface area contributed by atoms with Gasteiger partial charge >= 0.3 is 5.97 Å². The van der Waals surface area contributed by atoms with Crippen molar-refractivity contribution in [3.63, 3.8) is 0 Å². The van der Waals surface area contributed by atoms with Crippen LogP contribution in [0.5, 0.6) is 0 Å². The third-order valence-electron chi connectivity index (χ3n) is 2.63. The second kappa shape index (κ2) is 5.39. The Morgan fingerprint density at radius 2 is 1.83 bits per heavy atom. The van der Waals surface area contributed by atoms with E-state index < -0.39 is 27.7 Å². The van der Waals surface area contributed by atoms with E-state index in [1.54, 1.807) is 26.0 Å². The summed E-state index contributed by atoms with van der Waals surface area (Å²) in [6.07, 6.45) is 0. The highest BCUT2D eigenvalue weighted by atomic mass is 32.2. The Kier molecular flexibility index (Phi) is 4.34. The molecule has 0 bridgehead atoms. The molecule has 2 N–H and O–H groups in total. The summed E-state index contributed by atoms with van der Waals surface area (Å²) in [7, 11) is -3.65. The van der Waals surface area contributed by atoms with Crippen molar-refractivity contribution in [1.82, 2.24) is 0 Å². The van der Waals surface area contributed by atoms with E-state index in [1.807, 2.05) is 6.07 Å². The topological polar surface area (TPSA) is 83.5 Å². The molecule has 0 amide bonds. The number of anilines is 1. The predicted molar refractivity (Wildman–Crippen MR) is 70.1 cm³/mol. The first-order valence-electron chi connectivity index (χ1n) is 5.52. The van der Waals surface area contributed by atoms with Crippen molar-refractivity contribution >= 4 is 21.7 Å². The fourth-order valence-electron chi connectivity index (χ4n) is 1.57. The Morgan fingerprint density at radius 3 is 2.28 bits per heavy atom. The number of carboxylic acid groups (broad SMARTS) is 1. The molecule has 1 rings (SSSR count). The number of sulfonamides is 1. The molecular formula is C12H17NO4S. The third-order valence-corrected chi connectivity index (χ3v) is 4.08. The fraction of sp³-hybridized carbons (Fsp3) is 0.417. The first kappa shape index (κ1) is 14.5. The number of aliphatic carboxylic acids is 1. The Hall–Kier alpha value is -1.56. The molecule has 0 radical (unpaired) electrons. The van der Waals surface area contributed by atoms with E-state index in [0.717, 1.165) is 11.1 Å². The molecule has 0 aromatic heterocycles. The van der Waals surface area contributed by atoms with Crippen molar-refractivity contribution in [2.45, 2.75) is 20.8 Å². The minimum atomic E-state index is -3.65. The zero-order valence-electron chi connectivity index (χ0n) is 10.6. The maximum Gasteiger partial charge on any atom is 0.307 e. The number of hydrogen-bond donors (Lipinski definition) is 2. The molecule has 1 unspecified atom stereocenters. The molecular weight excluding hydrogens is 254 g/mol. The predicted octanol–water partition coefficient (Wildman–Crippen LogP) is 1.77. The van der Waals surface area contributed by atoms with Gasteiger partial charge in [0.1, 0.15) is 0 Å². The second-order valence-corrected chi connectivity index (χ2v) is 6.16. The summed E-state index contributed by atoms with van der Waals surface area (Å²) in [4.78, 5) is 10.7. The maximum absolute atomic E-state index is 11.8. The minimum absolute atomic E-state index is 0.434. The average molecular weight is 271 g/mol. The summed E-state index contributed by atoms with van der Waals surface area (Å²) in [5.41, 5.74) is 2.14. The normalized spacial score (nSPS) is 13.1. The van der Waals surface area contributed by atoms with Crippen LogP contribution in [0.1, 0.15) is 18.1 Å². The summed E-state index contributed by atoms with van der Waals surface area (Å²) < 4.78 is 26.1. The molecule has 18 heavy (non-hydrogen) atoms. The monoisotopic (exact) mass is 271 g/mol. The van der Waals surface area contributed by atoms with Crippen LogP contribution >= 0.6 is 0 Å². The van der Waals surface area contributed by atoms with E-state index in [1.165, 1.54) is 6.92 Å². The number of rotatable bonds is 5. The number of carboxylic acids is 1. The number of benzene rings is 1. The van der Waals surface area contributed by atoms with Crippen LogP contribution in [0.4, 0.5) is 5.69 Å². The van der Waals surface area contributed by atoms with E-state index >= 15 is 0 Å². The Bertz CT molecular complexity index is 531. The van der Waals surface area contributed by atoms with Crippen LogP contribution in [0, 0.1) is 19.8 Å². The number of nitrogens with one attached hydrogen (secondary N) is 1. The summed E-state index contributed by atoms with van der Waals surface area (Å²) in [6.45, 7) is 4.96. The molecule has 0 aliphatic heterocycles. The Morgan fingerprint density at radius 1 is 1.33 bits per heavy atom. The fourth-order valence-corrected chi connectivity index (χ4v) is 3.09. The van der Waals surface area contributed by atoms with Crippen molar-refractivity contribution in [1.29, 1.82) is 0 Å². The number of para-hydroxylation sites is 1. The van der Waals surface area contributed by atoms with E-state index in [9.17, 15) is 13.2 Å². The molecule has 0 saturated heterocycles. The van der Waals surface area contributed by atoms with Crippen molar-refractivity contribution in [3.8, 4) is 0 Å². The largest absolute Gasteiger partial charge is 0.481 e. The lowest BCUT2D eigenvalue weighted by molar-refractivity contribution is -0.140. The summed E-state index contributed by atoms with van der Waals surface area (Å²) in [6, 6.07) is 5.43. The maximum atomic E-state index is 11.8. The third kappa shape index (κ3) is 3.73. The molecule has 1 atom stereocenters. The lowest BCUT2D eigenvalue weighted by atomic mass is 10.1. The SMILES string of the molecule is Cc1cccc(C)c1NS(=O)(=O)CC(C)C(=O)O. The van der Waals surface area contributed by atoms with Gasteiger partial charge in [0.25, 0.3) is 0 Å². The van der Waals surface area contributed by atoms with Gasteiger partial charge in [0.15, 0.2) is 0 Å². The van der Waals surface area contributed by atoms with E-state index in [4.69, 9.17) is 5.11 Å². The first-order valence-corrected chi connectivity index (χ1v) is 7.17. The quantitative estimate of drug-likeness (QED) is 0.854. The van der Waals surface area contributed by atoms with Gasteiger partial charge in [-0.25, -0.2) is 8.42 Å². The zero-order chi connectivity index (χ0) is 13.9. The van der Waals surface area contributed by atoms with Crippen LogP contribution in [0.2, 0.25) is 0 Å². The van der Waals surface area contributed by atoms with Gasteiger partial charge < -0.3 is 5.11 Å². The highest BCUT2D eigenvalue weighted by molar-refractivity contribution is 7.92. The van der Waals surface area contributed by atoms with Crippen LogP contribution < -0.4 is 4.72 Å². The summed E-state index contributed by atoms with van der Waals surface area (Å²) in [5.74, 6) is -2.50. The first-order chi connectivity index (χ1) is 8.23. The molecule has 0 fully saturated rings. The van der Waals surface area contributed by atoms with Gasteiger partial charge in [-0.05, 0) is 25.0 Å². The molecule has 1 aromatic rings. The second-order valence-electron chi connectivity index (χ2n) is 4.39. The Labute approximate surface area is 107 Å². The van der Waals surface area contributed by atoms with Gasteiger partial charge in [0.2, 0.25) is 10.0 Å². The van der Waals surface area contributed by atoms with E-state index in [-0.39, 0.29) is 0 Å². The molecule has 0 heterocycles. The van der Waals surface area contributed by atoms with Crippen molar-refractivity contribution in [2.24, 2.45) is 5.92 Å². The van der Waals surface area contributed by atoms with Crippen LogP contribution in [-0.4, -0.2) is 25.2 Å². The van der Waals surface area contributed by atoms with Crippen molar-refractivity contribution < 1.29 is 18.3 Å². The van der Waals surface area contributed by atoms with Crippen molar-refractivity contribution in [3.05, 3.63) is 29.3 Å². The lowest BCUT2D eigenvalue weighted by Crippen LogP contribution is -2.26. The summed E-state index contributed by atoms with van der Waals surface area (Å²) in [5, 5.41) is 8.73. The molecule has 6 heteroatoms.